The Labute approximate surface area is 104 Å². The lowest BCUT2D eigenvalue weighted by atomic mass is 9.99. The summed E-state index contributed by atoms with van der Waals surface area (Å²) >= 11 is 0. The summed E-state index contributed by atoms with van der Waals surface area (Å²) in [6.45, 7) is 3.61. The van der Waals surface area contributed by atoms with Crippen molar-refractivity contribution in [2.75, 3.05) is 0 Å². The Morgan fingerprint density at radius 2 is 1.89 bits per heavy atom. The molecule has 0 aliphatic heterocycles. The molecule has 3 nitrogen and oxygen atoms in total. The molecule has 96 valence electrons. The number of nitrogens with one attached hydrogen (secondary N) is 1. The van der Waals surface area contributed by atoms with Crippen LogP contribution in [0.1, 0.15) is 28.7 Å². The molecule has 2 rings (SSSR count). The van der Waals surface area contributed by atoms with Crippen LogP contribution in [0.5, 0.6) is 0 Å². The number of hydrogen-bond acceptors (Lipinski definition) is 3. The van der Waals surface area contributed by atoms with Gasteiger partial charge in [0.1, 0.15) is 11.5 Å². The van der Waals surface area contributed by atoms with Gasteiger partial charge in [0.05, 0.1) is 6.04 Å². The first-order valence-corrected chi connectivity index (χ1v) is 5.51. The van der Waals surface area contributed by atoms with Gasteiger partial charge in [-0.3, -0.25) is 5.84 Å². The zero-order chi connectivity index (χ0) is 13.3. The highest BCUT2D eigenvalue weighted by Gasteiger charge is 2.19. The second kappa shape index (κ2) is 4.88. The Morgan fingerprint density at radius 1 is 1.17 bits per heavy atom. The highest BCUT2D eigenvalue weighted by molar-refractivity contribution is 5.34. The van der Waals surface area contributed by atoms with Crippen molar-refractivity contribution in [2.24, 2.45) is 5.84 Å². The number of hydrogen-bond donors (Lipinski definition) is 2. The molecule has 1 unspecified atom stereocenters. The molecule has 1 aromatic heterocycles. The van der Waals surface area contributed by atoms with Crippen molar-refractivity contribution in [1.82, 2.24) is 5.43 Å². The summed E-state index contributed by atoms with van der Waals surface area (Å²) in [6.07, 6.45) is 0. The fourth-order valence-electron chi connectivity index (χ4n) is 1.99. The summed E-state index contributed by atoms with van der Waals surface area (Å²) in [5, 5.41) is 0. The fourth-order valence-corrected chi connectivity index (χ4v) is 1.99. The lowest BCUT2D eigenvalue weighted by Crippen LogP contribution is -2.29. The molecule has 0 amide bonds. The molecule has 0 aliphatic rings. The van der Waals surface area contributed by atoms with Crippen molar-refractivity contribution < 1.29 is 13.2 Å². The van der Waals surface area contributed by atoms with E-state index in [1.807, 2.05) is 13.0 Å². The van der Waals surface area contributed by atoms with Crippen molar-refractivity contribution in [3.63, 3.8) is 0 Å². The zero-order valence-electron chi connectivity index (χ0n) is 10.1. The fraction of sp³-hybridized carbons (Fsp3) is 0.231. The molecule has 1 atom stereocenters. The lowest BCUT2D eigenvalue weighted by molar-refractivity contribution is 0.491. The number of hydrazine groups is 1. The Balaban J connectivity index is 2.45. The smallest absolute Gasteiger partial charge is 0.159 e. The molecule has 0 bridgehead atoms. The van der Waals surface area contributed by atoms with Gasteiger partial charge < -0.3 is 4.42 Å². The summed E-state index contributed by atoms with van der Waals surface area (Å²) in [7, 11) is 0. The molecule has 3 N–H and O–H groups in total. The highest BCUT2D eigenvalue weighted by atomic mass is 19.2. The lowest BCUT2D eigenvalue weighted by Gasteiger charge is -2.15. The molecular weight excluding hydrogens is 238 g/mol. The average molecular weight is 252 g/mol. The Hall–Kier alpha value is -1.72. The van der Waals surface area contributed by atoms with Gasteiger partial charge in [-0.15, -0.1) is 0 Å². The first kappa shape index (κ1) is 12.7. The van der Waals surface area contributed by atoms with Crippen LogP contribution in [0, 0.1) is 25.5 Å². The van der Waals surface area contributed by atoms with E-state index in [1.54, 1.807) is 6.92 Å². The van der Waals surface area contributed by atoms with Crippen molar-refractivity contribution >= 4 is 0 Å². The van der Waals surface area contributed by atoms with Crippen LogP contribution in [0.15, 0.2) is 28.7 Å². The predicted molar refractivity (Wildman–Crippen MR) is 63.7 cm³/mol. The summed E-state index contributed by atoms with van der Waals surface area (Å²) in [6, 6.07) is 5.09. The van der Waals surface area contributed by atoms with Gasteiger partial charge >= 0.3 is 0 Å². The van der Waals surface area contributed by atoms with Crippen LogP contribution in [0.3, 0.4) is 0 Å². The zero-order valence-corrected chi connectivity index (χ0v) is 10.1. The Morgan fingerprint density at radius 3 is 2.39 bits per heavy atom. The van der Waals surface area contributed by atoms with Crippen LogP contribution in [-0.4, -0.2) is 0 Å². The maximum Gasteiger partial charge on any atom is 0.159 e. The van der Waals surface area contributed by atoms with Crippen molar-refractivity contribution in [3.8, 4) is 0 Å². The maximum atomic E-state index is 13.2. The van der Waals surface area contributed by atoms with Crippen LogP contribution < -0.4 is 11.3 Å². The van der Waals surface area contributed by atoms with Gasteiger partial charge in [0, 0.05) is 5.56 Å². The second-order valence-corrected chi connectivity index (χ2v) is 4.14. The second-order valence-electron chi connectivity index (χ2n) is 4.14. The summed E-state index contributed by atoms with van der Waals surface area (Å²) in [5.41, 5.74) is 3.93. The number of furan rings is 1. The highest BCUT2D eigenvalue weighted by Crippen LogP contribution is 2.27. The number of benzene rings is 1. The van der Waals surface area contributed by atoms with Gasteiger partial charge in [0.25, 0.3) is 0 Å². The largest absolute Gasteiger partial charge is 0.466 e. The minimum absolute atomic E-state index is 0.433. The summed E-state index contributed by atoms with van der Waals surface area (Å²) < 4.78 is 31.5. The monoisotopic (exact) mass is 252 g/mol. The third-order valence-corrected chi connectivity index (χ3v) is 2.83. The van der Waals surface area contributed by atoms with Crippen molar-refractivity contribution in [1.29, 1.82) is 0 Å². The van der Waals surface area contributed by atoms with Crippen LogP contribution in [0.25, 0.3) is 0 Å². The first-order chi connectivity index (χ1) is 8.52. The van der Waals surface area contributed by atoms with Crippen molar-refractivity contribution in [2.45, 2.75) is 19.9 Å². The Kier molecular flexibility index (Phi) is 3.45. The average Bonchev–Trinajstić information content (AvgIpc) is 2.64. The SMILES string of the molecule is Cc1cc(C(NN)c2ccc(F)c(F)c2)c(C)o1. The number of aryl methyl sites for hydroxylation is 2. The quantitative estimate of drug-likeness (QED) is 0.652. The van der Waals surface area contributed by atoms with Crippen LogP contribution in [0.4, 0.5) is 8.78 Å². The maximum absolute atomic E-state index is 13.2. The molecule has 1 aromatic carbocycles. The molecule has 1 heterocycles. The minimum Gasteiger partial charge on any atom is -0.466 e. The van der Waals surface area contributed by atoms with Gasteiger partial charge in [-0.2, -0.15) is 0 Å². The van der Waals surface area contributed by atoms with E-state index in [2.05, 4.69) is 5.43 Å². The van der Waals surface area contributed by atoms with Crippen LogP contribution >= 0.6 is 0 Å². The van der Waals surface area contributed by atoms with Gasteiger partial charge in [0.15, 0.2) is 11.6 Å². The summed E-state index contributed by atoms with van der Waals surface area (Å²) in [4.78, 5) is 0. The molecule has 0 aliphatic carbocycles. The number of rotatable bonds is 3. The molecule has 5 heteroatoms. The van der Waals surface area contributed by atoms with Crippen LogP contribution in [0.2, 0.25) is 0 Å². The standard InChI is InChI=1S/C13H14F2N2O/c1-7-5-10(8(2)18-7)13(17-16)9-3-4-11(14)12(15)6-9/h3-6,13,17H,16H2,1-2H3. The molecule has 0 saturated heterocycles. The molecular formula is C13H14F2N2O. The van der Waals surface area contributed by atoms with Gasteiger partial charge in [0.2, 0.25) is 0 Å². The molecule has 0 saturated carbocycles. The van der Waals surface area contributed by atoms with Crippen LogP contribution in [-0.2, 0) is 0 Å². The molecule has 0 fully saturated rings. The molecule has 0 radical (unpaired) electrons. The Bertz CT molecular complexity index is 566. The van der Waals surface area contributed by atoms with E-state index in [4.69, 9.17) is 10.3 Å². The molecule has 0 spiro atoms. The van der Waals surface area contributed by atoms with E-state index in [-0.39, 0.29) is 0 Å². The molecule has 2 aromatic rings. The predicted octanol–water partition coefficient (Wildman–Crippen LogP) is 2.73. The summed E-state index contributed by atoms with van der Waals surface area (Å²) in [5.74, 6) is 5.15. The first-order valence-electron chi connectivity index (χ1n) is 5.51. The van der Waals surface area contributed by atoms with E-state index in [0.29, 0.717) is 11.3 Å². The van der Waals surface area contributed by atoms with Gasteiger partial charge in [-0.05, 0) is 37.6 Å². The minimum atomic E-state index is -0.898. The van der Waals surface area contributed by atoms with E-state index in [9.17, 15) is 8.78 Å². The van der Waals surface area contributed by atoms with Gasteiger partial charge in [-0.1, -0.05) is 6.07 Å². The van der Waals surface area contributed by atoms with E-state index in [0.717, 1.165) is 23.5 Å². The van der Waals surface area contributed by atoms with Gasteiger partial charge in [-0.25, -0.2) is 14.2 Å². The van der Waals surface area contributed by atoms with E-state index < -0.39 is 17.7 Å². The molecule has 18 heavy (non-hydrogen) atoms. The number of halogens is 2. The third-order valence-electron chi connectivity index (χ3n) is 2.83. The normalized spacial score (nSPS) is 12.7. The number of nitrogens with two attached hydrogens (primary N) is 1. The van der Waals surface area contributed by atoms with Crippen molar-refractivity contribution in [3.05, 3.63) is 58.5 Å². The topological polar surface area (TPSA) is 51.2 Å². The third kappa shape index (κ3) is 2.27. The van der Waals surface area contributed by atoms with E-state index in [1.165, 1.54) is 6.07 Å². The van der Waals surface area contributed by atoms with E-state index >= 15 is 0 Å².